The van der Waals surface area contributed by atoms with Crippen LogP contribution >= 0.6 is 0 Å². The molecule has 0 fully saturated rings. The minimum atomic E-state index is -0.0533. The molecule has 64 valence electrons. The number of hydrogen-bond acceptors (Lipinski definition) is 2. The Morgan fingerprint density at radius 3 is 2.83 bits per heavy atom. The van der Waals surface area contributed by atoms with E-state index in [1.165, 1.54) is 6.08 Å². The summed E-state index contributed by atoms with van der Waals surface area (Å²) in [5, 5.41) is 0. The molecule has 0 aromatic heterocycles. The Balaban J connectivity index is 2.83. The summed E-state index contributed by atoms with van der Waals surface area (Å²) in [6.07, 6.45) is 7.00. The third-order valence-corrected chi connectivity index (χ3v) is 1.60. The van der Waals surface area contributed by atoms with Gasteiger partial charge in [-0.05, 0) is 31.6 Å². The smallest absolute Gasteiger partial charge is 0.220 e. The van der Waals surface area contributed by atoms with Gasteiger partial charge in [0.15, 0.2) is 5.76 Å². The molecule has 0 aromatic rings. The van der Waals surface area contributed by atoms with E-state index in [1.807, 2.05) is 19.9 Å². The van der Waals surface area contributed by atoms with Crippen molar-refractivity contribution in [3.05, 3.63) is 35.6 Å². The number of ketones is 1. The first-order chi connectivity index (χ1) is 5.77. The van der Waals surface area contributed by atoms with E-state index < -0.39 is 0 Å². The molecule has 0 spiro atoms. The topological polar surface area (TPSA) is 26.3 Å². The van der Waals surface area contributed by atoms with E-state index in [4.69, 9.17) is 4.74 Å². The maximum atomic E-state index is 11.1. The number of carbonyl (C=O) groups excluding carboxylic acids is 1. The number of allylic oxidation sites excluding steroid dienone is 5. The Morgan fingerprint density at radius 2 is 2.25 bits per heavy atom. The summed E-state index contributed by atoms with van der Waals surface area (Å²) in [7, 11) is 0. The van der Waals surface area contributed by atoms with Crippen molar-refractivity contribution in [1.82, 2.24) is 0 Å². The Hall–Kier alpha value is -1.31. The van der Waals surface area contributed by atoms with Crippen LogP contribution in [0.3, 0.4) is 0 Å². The SMILES string of the molecule is C/C=C1\C=CC(=O)C(OCC)=C1. The summed E-state index contributed by atoms with van der Waals surface area (Å²) < 4.78 is 5.15. The first-order valence-electron chi connectivity index (χ1n) is 4.01. The van der Waals surface area contributed by atoms with Crippen molar-refractivity contribution < 1.29 is 9.53 Å². The summed E-state index contributed by atoms with van der Waals surface area (Å²) in [5.41, 5.74) is 1.01. The Morgan fingerprint density at radius 1 is 1.50 bits per heavy atom. The number of carbonyl (C=O) groups is 1. The fourth-order valence-electron chi connectivity index (χ4n) is 0.973. The second kappa shape index (κ2) is 3.90. The minimum absolute atomic E-state index is 0.0533. The van der Waals surface area contributed by atoms with Gasteiger partial charge in [-0.15, -0.1) is 0 Å². The van der Waals surface area contributed by atoms with Crippen molar-refractivity contribution in [1.29, 1.82) is 0 Å². The minimum Gasteiger partial charge on any atom is -0.490 e. The summed E-state index contributed by atoms with van der Waals surface area (Å²) in [5.74, 6) is 0.385. The highest BCUT2D eigenvalue weighted by Gasteiger charge is 2.10. The van der Waals surface area contributed by atoms with E-state index in [1.54, 1.807) is 12.2 Å². The average molecular weight is 164 g/mol. The van der Waals surface area contributed by atoms with Crippen LogP contribution in [0.1, 0.15) is 13.8 Å². The second-order valence-electron chi connectivity index (χ2n) is 2.43. The number of rotatable bonds is 2. The summed E-state index contributed by atoms with van der Waals surface area (Å²) in [6, 6.07) is 0. The third kappa shape index (κ3) is 1.84. The molecule has 2 nitrogen and oxygen atoms in total. The molecule has 2 heteroatoms. The molecule has 1 aliphatic rings. The lowest BCUT2D eigenvalue weighted by molar-refractivity contribution is -0.114. The Labute approximate surface area is 72.2 Å². The zero-order valence-electron chi connectivity index (χ0n) is 7.33. The van der Waals surface area contributed by atoms with E-state index in [0.29, 0.717) is 12.4 Å². The molecule has 0 amide bonds. The molecule has 0 aliphatic heterocycles. The van der Waals surface area contributed by atoms with Crippen LogP contribution in [0.4, 0.5) is 0 Å². The highest BCUT2D eigenvalue weighted by molar-refractivity contribution is 6.04. The normalized spacial score (nSPS) is 19.7. The molecule has 0 saturated carbocycles. The van der Waals surface area contributed by atoms with Gasteiger partial charge in [0, 0.05) is 0 Å². The molecular weight excluding hydrogens is 152 g/mol. The average Bonchev–Trinajstić information content (AvgIpc) is 2.09. The molecule has 0 N–H and O–H groups in total. The van der Waals surface area contributed by atoms with E-state index in [0.717, 1.165) is 5.57 Å². The van der Waals surface area contributed by atoms with Gasteiger partial charge in [-0.2, -0.15) is 0 Å². The van der Waals surface area contributed by atoms with Crippen LogP contribution in [-0.4, -0.2) is 12.4 Å². The monoisotopic (exact) mass is 164 g/mol. The first-order valence-corrected chi connectivity index (χ1v) is 4.01. The van der Waals surface area contributed by atoms with Crippen LogP contribution in [-0.2, 0) is 9.53 Å². The lowest BCUT2D eigenvalue weighted by Gasteiger charge is -2.08. The maximum Gasteiger partial charge on any atom is 0.220 e. The van der Waals surface area contributed by atoms with Crippen LogP contribution in [0.15, 0.2) is 35.6 Å². The van der Waals surface area contributed by atoms with Gasteiger partial charge in [0.2, 0.25) is 5.78 Å². The van der Waals surface area contributed by atoms with E-state index in [-0.39, 0.29) is 5.78 Å². The maximum absolute atomic E-state index is 11.1. The number of hydrogen-bond donors (Lipinski definition) is 0. The predicted octanol–water partition coefficient (Wildman–Crippen LogP) is 1.99. The van der Waals surface area contributed by atoms with Crippen molar-refractivity contribution >= 4 is 5.78 Å². The van der Waals surface area contributed by atoms with Gasteiger partial charge in [-0.1, -0.05) is 12.2 Å². The molecule has 1 rings (SSSR count). The quantitative estimate of drug-likeness (QED) is 0.624. The van der Waals surface area contributed by atoms with Crippen molar-refractivity contribution in [3.63, 3.8) is 0 Å². The first kappa shape index (κ1) is 8.78. The van der Waals surface area contributed by atoms with E-state index in [9.17, 15) is 4.79 Å². The molecule has 0 saturated heterocycles. The van der Waals surface area contributed by atoms with Gasteiger partial charge >= 0.3 is 0 Å². The largest absolute Gasteiger partial charge is 0.490 e. The van der Waals surface area contributed by atoms with E-state index >= 15 is 0 Å². The lowest BCUT2D eigenvalue weighted by Crippen LogP contribution is -2.06. The summed E-state index contributed by atoms with van der Waals surface area (Å²) in [6.45, 7) is 4.32. The van der Waals surface area contributed by atoms with Crippen molar-refractivity contribution in [3.8, 4) is 0 Å². The summed E-state index contributed by atoms with van der Waals surface area (Å²) >= 11 is 0. The van der Waals surface area contributed by atoms with Crippen molar-refractivity contribution in [2.75, 3.05) is 6.61 Å². The Bertz CT molecular complexity index is 270. The molecular formula is C10H12O2. The van der Waals surface area contributed by atoms with Crippen LogP contribution in [0.25, 0.3) is 0 Å². The fraction of sp³-hybridized carbons (Fsp3) is 0.300. The van der Waals surface area contributed by atoms with Crippen molar-refractivity contribution in [2.45, 2.75) is 13.8 Å². The zero-order chi connectivity index (χ0) is 8.97. The van der Waals surface area contributed by atoms with Crippen LogP contribution in [0, 0.1) is 0 Å². The van der Waals surface area contributed by atoms with Gasteiger partial charge in [-0.25, -0.2) is 0 Å². The highest BCUT2D eigenvalue weighted by atomic mass is 16.5. The predicted molar refractivity (Wildman–Crippen MR) is 47.6 cm³/mol. The molecule has 0 bridgehead atoms. The standard InChI is InChI=1S/C10H12O2/c1-3-8-5-6-9(11)10(7-8)12-4-2/h3,5-7H,4H2,1-2H3/b8-3+. The molecule has 0 radical (unpaired) electrons. The van der Waals surface area contributed by atoms with Gasteiger partial charge < -0.3 is 4.74 Å². The lowest BCUT2D eigenvalue weighted by atomic mass is 10.1. The van der Waals surface area contributed by atoms with Gasteiger partial charge in [0.1, 0.15) is 0 Å². The second-order valence-corrected chi connectivity index (χ2v) is 2.43. The Kier molecular flexibility index (Phi) is 2.86. The van der Waals surface area contributed by atoms with Crippen LogP contribution in [0.2, 0.25) is 0 Å². The molecule has 0 atom stereocenters. The third-order valence-electron chi connectivity index (χ3n) is 1.60. The molecule has 0 heterocycles. The molecule has 0 aromatic carbocycles. The van der Waals surface area contributed by atoms with Gasteiger partial charge in [0.25, 0.3) is 0 Å². The van der Waals surface area contributed by atoms with Gasteiger partial charge in [-0.3, -0.25) is 4.79 Å². The fourth-order valence-corrected chi connectivity index (χ4v) is 0.973. The molecule has 0 unspecified atom stereocenters. The molecule has 1 aliphatic carbocycles. The highest BCUT2D eigenvalue weighted by Crippen LogP contribution is 2.13. The van der Waals surface area contributed by atoms with Crippen LogP contribution < -0.4 is 0 Å². The van der Waals surface area contributed by atoms with E-state index in [2.05, 4.69) is 0 Å². The summed E-state index contributed by atoms with van der Waals surface area (Å²) in [4.78, 5) is 11.1. The number of ether oxygens (including phenoxy) is 1. The van der Waals surface area contributed by atoms with Crippen molar-refractivity contribution in [2.24, 2.45) is 0 Å². The van der Waals surface area contributed by atoms with Crippen LogP contribution in [0.5, 0.6) is 0 Å². The van der Waals surface area contributed by atoms with Gasteiger partial charge in [0.05, 0.1) is 6.61 Å². The molecule has 12 heavy (non-hydrogen) atoms. The zero-order valence-corrected chi connectivity index (χ0v) is 7.33.